The number of pyridine rings is 1. The summed E-state index contributed by atoms with van der Waals surface area (Å²) in [4.78, 5) is 30.8. The number of rotatable bonds is 9. The van der Waals surface area contributed by atoms with Crippen molar-refractivity contribution in [3.63, 3.8) is 0 Å². The Hall–Kier alpha value is -2.97. The van der Waals surface area contributed by atoms with Gasteiger partial charge in [0.05, 0.1) is 17.4 Å². The molecule has 0 spiro atoms. The van der Waals surface area contributed by atoms with Crippen molar-refractivity contribution in [2.75, 3.05) is 18.5 Å². The van der Waals surface area contributed by atoms with Crippen LogP contribution in [0.5, 0.6) is 0 Å². The minimum atomic E-state index is -0.257. The highest BCUT2D eigenvalue weighted by Gasteiger charge is 2.26. The van der Waals surface area contributed by atoms with Gasteiger partial charge in [-0.15, -0.1) is 11.3 Å². The summed E-state index contributed by atoms with van der Waals surface area (Å²) in [6.45, 7) is 1.44. The van der Waals surface area contributed by atoms with E-state index in [-0.39, 0.29) is 11.8 Å². The van der Waals surface area contributed by atoms with Gasteiger partial charge >= 0.3 is 0 Å². The van der Waals surface area contributed by atoms with Gasteiger partial charge < -0.3 is 19.8 Å². The highest BCUT2D eigenvalue weighted by molar-refractivity contribution is 7.17. The Balaban J connectivity index is 1.37. The molecular formula is C23H25N3O4S. The van der Waals surface area contributed by atoms with E-state index in [4.69, 9.17) is 9.15 Å². The van der Waals surface area contributed by atoms with Gasteiger partial charge in [-0.25, -0.2) is 0 Å². The topological polar surface area (TPSA) is 93.5 Å². The second-order valence-electron chi connectivity index (χ2n) is 7.35. The van der Waals surface area contributed by atoms with Gasteiger partial charge in [-0.05, 0) is 61.9 Å². The molecule has 4 rings (SSSR count). The molecule has 0 aromatic carbocycles. The van der Waals surface area contributed by atoms with E-state index < -0.39 is 0 Å². The molecule has 2 N–H and O–H groups in total. The first kappa shape index (κ1) is 21.3. The van der Waals surface area contributed by atoms with Crippen molar-refractivity contribution < 1.29 is 18.7 Å². The van der Waals surface area contributed by atoms with Gasteiger partial charge in [0.2, 0.25) is 0 Å². The van der Waals surface area contributed by atoms with E-state index in [2.05, 4.69) is 15.6 Å². The molecular weight excluding hydrogens is 414 g/mol. The summed E-state index contributed by atoms with van der Waals surface area (Å²) in [6.07, 6.45) is 9.43. The number of thiophene rings is 1. The van der Waals surface area contributed by atoms with Gasteiger partial charge in [0.1, 0.15) is 17.4 Å². The molecule has 3 aromatic rings. The quantitative estimate of drug-likeness (QED) is 0.487. The largest absolute Gasteiger partial charge is 0.467 e. The van der Waals surface area contributed by atoms with Gasteiger partial charge in [0, 0.05) is 30.4 Å². The monoisotopic (exact) mass is 439 g/mol. The van der Waals surface area contributed by atoms with Gasteiger partial charge in [0.25, 0.3) is 11.8 Å². The first-order valence-corrected chi connectivity index (χ1v) is 11.3. The molecule has 0 radical (unpaired) electrons. The van der Waals surface area contributed by atoms with Gasteiger partial charge in [-0.1, -0.05) is 0 Å². The SMILES string of the molecule is O=C(Nc1sc2c(c1C(=O)NCCCOCc1ccco1)CCCC2)c1cccnc1. The average molecular weight is 440 g/mol. The minimum Gasteiger partial charge on any atom is -0.467 e. The Morgan fingerprint density at radius 2 is 2.06 bits per heavy atom. The molecule has 3 heterocycles. The summed E-state index contributed by atoms with van der Waals surface area (Å²) < 4.78 is 10.8. The fourth-order valence-electron chi connectivity index (χ4n) is 3.60. The molecule has 7 nitrogen and oxygen atoms in total. The van der Waals surface area contributed by atoms with Crippen molar-refractivity contribution in [3.8, 4) is 0 Å². The summed E-state index contributed by atoms with van der Waals surface area (Å²) in [5.74, 6) is 0.377. The van der Waals surface area contributed by atoms with Crippen molar-refractivity contribution in [1.82, 2.24) is 10.3 Å². The Bertz CT molecular complexity index is 1020. The number of aromatic nitrogens is 1. The molecule has 0 saturated heterocycles. The fraction of sp³-hybridized carbons (Fsp3) is 0.348. The molecule has 0 atom stereocenters. The standard InChI is InChI=1S/C23H25N3O4S/c27-21(16-6-3-10-24-14-16)26-23-20(18-8-1-2-9-19(18)31-23)22(28)25-11-5-12-29-15-17-7-4-13-30-17/h3-4,6-7,10,13-14H,1-2,5,8-9,11-12,15H2,(H,25,28)(H,26,27). The van der Waals surface area contributed by atoms with Crippen LogP contribution in [0.2, 0.25) is 0 Å². The summed E-state index contributed by atoms with van der Waals surface area (Å²) in [7, 11) is 0. The van der Waals surface area contributed by atoms with E-state index in [0.29, 0.717) is 42.3 Å². The number of nitrogens with one attached hydrogen (secondary N) is 2. The molecule has 1 aliphatic rings. The second kappa shape index (κ2) is 10.4. The third-order valence-electron chi connectivity index (χ3n) is 5.12. The van der Waals surface area contributed by atoms with Crippen LogP contribution in [0.25, 0.3) is 0 Å². The van der Waals surface area contributed by atoms with E-state index in [0.717, 1.165) is 37.0 Å². The van der Waals surface area contributed by atoms with Crippen molar-refractivity contribution in [1.29, 1.82) is 0 Å². The predicted octanol–water partition coefficient (Wildman–Crippen LogP) is 4.20. The zero-order valence-electron chi connectivity index (χ0n) is 17.2. The van der Waals surface area contributed by atoms with E-state index in [1.54, 1.807) is 24.6 Å². The maximum Gasteiger partial charge on any atom is 0.257 e. The van der Waals surface area contributed by atoms with Crippen LogP contribution in [0, 0.1) is 0 Å². The number of anilines is 1. The molecule has 0 fully saturated rings. The Kier molecular flexibility index (Phi) is 7.11. The molecule has 8 heteroatoms. The number of ether oxygens (including phenoxy) is 1. The molecule has 0 aliphatic heterocycles. The van der Waals surface area contributed by atoms with Gasteiger partial charge in [0.15, 0.2) is 0 Å². The van der Waals surface area contributed by atoms with Crippen LogP contribution in [0.4, 0.5) is 5.00 Å². The van der Waals surface area contributed by atoms with Crippen molar-refractivity contribution >= 4 is 28.2 Å². The summed E-state index contributed by atoms with van der Waals surface area (Å²) in [6, 6.07) is 7.11. The summed E-state index contributed by atoms with van der Waals surface area (Å²) in [5.41, 5.74) is 2.15. The fourth-order valence-corrected chi connectivity index (χ4v) is 4.88. The smallest absolute Gasteiger partial charge is 0.257 e. The number of fused-ring (bicyclic) bond motifs is 1. The second-order valence-corrected chi connectivity index (χ2v) is 8.46. The van der Waals surface area contributed by atoms with Crippen molar-refractivity contribution in [2.24, 2.45) is 0 Å². The third-order valence-corrected chi connectivity index (χ3v) is 6.33. The van der Waals surface area contributed by atoms with Crippen LogP contribution in [0.3, 0.4) is 0 Å². The van der Waals surface area contributed by atoms with E-state index in [1.165, 1.54) is 22.4 Å². The predicted molar refractivity (Wildman–Crippen MR) is 118 cm³/mol. The number of aryl methyl sites for hydroxylation is 1. The molecule has 0 bridgehead atoms. The molecule has 0 unspecified atom stereocenters. The first-order valence-electron chi connectivity index (χ1n) is 10.5. The molecule has 31 heavy (non-hydrogen) atoms. The van der Waals surface area contributed by atoms with E-state index >= 15 is 0 Å². The summed E-state index contributed by atoms with van der Waals surface area (Å²) in [5, 5.41) is 6.54. The maximum absolute atomic E-state index is 13.0. The molecule has 3 aromatic heterocycles. The average Bonchev–Trinajstić information content (AvgIpc) is 3.44. The Morgan fingerprint density at radius 1 is 1.16 bits per heavy atom. The molecule has 2 amide bonds. The van der Waals surface area contributed by atoms with Crippen LogP contribution in [0.1, 0.15) is 56.2 Å². The number of nitrogens with zero attached hydrogens (tertiary/aromatic N) is 1. The highest BCUT2D eigenvalue weighted by atomic mass is 32.1. The highest BCUT2D eigenvalue weighted by Crippen LogP contribution is 2.38. The third kappa shape index (κ3) is 5.39. The Morgan fingerprint density at radius 3 is 2.87 bits per heavy atom. The van der Waals surface area contributed by atoms with E-state index in [9.17, 15) is 9.59 Å². The lowest BCUT2D eigenvalue weighted by Crippen LogP contribution is -2.27. The minimum absolute atomic E-state index is 0.146. The number of carbonyl (C=O) groups excluding carboxylic acids is 2. The number of hydrogen-bond acceptors (Lipinski definition) is 6. The normalized spacial score (nSPS) is 12.9. The first-order chi connectivity index (χ1) is 15.2. The lowest BCUT2D eigenvalue weighted by atomic mass is 9.95. The number of hydrogen-bond donors (Lipinski definition) is 2. The Labute approximate surface area is 184 Å². The van der Waals surface area contributed by atoms with Crippen LogP contribution in [0.15, 0.2) is 47.3 Å². The van der Waals surface area contributed by atoms with Crippen LogP contribution >= 0.6 is 11.3 Å². The van der Waals surface area contributed by atoms with E-state index in [1.807, 2.05) is 12.1 Å². The van der Waals surface area contributed by atoms with Crippen LogP contribution in [-0.4, -0.2) is 29.9 Å². The molecule has 0 saturated carbocycles. The zero-order valence-corrected chi connectivity index (χ0v) is 18.0. The zero-order chi connectivity index (χ0) is 21.5. The van der Waals surface area contributed by atoms with Gasteiger partial charge in [-0.3, -0.25) is 14.6 Å². The summed E-state index contributed by atoms with van der Waals surface area (Å²) >= 11 is 1.51. The number of amides is 2. The lowest BCUT2D eigenvalue weighted by molar-refractivity contribution is 0.0917. The number of carbonyl (C=O) groups is 2. The van der Waals surface area contributed by atoms with Crippen LogP contribution < -0.4 is 10.6 Å². The van der Waals surface area contributed by atoms with Crippen molar-refractivity contribution in [2.45, 2.75) is 38.7 Å². The van der Waals surface area contributed by atoms with Crippen molar-refractivity contribution in [3.05, 3.63) is 70.3 Å². The lowest BCUT2D eigenvalue weighted by Gasteiger charge is -2.13. The molecule has 162 valence electrons. The van der Waals surface area contributed by atoms with Crippen LogP contribution in [-0.2, 0) is 24.2 Å². The maximum atomic E-state index is 13.0. The van der Waals surface area contributed by atoms with Gasteiger partial charge in [-0.2, -0.15) is 0 Å². The number of furan rings is 1. The molecule has 1 aliphatic carbocycles.